The van der Waals surface area contributed by atoms with Crippen LogP contribution in [0.1, 0.15) is 84.0 Å². The van der Waals surface area contributed by atoms with Crippen molar-refractivity contribution in [2.24, 2.45) is 0 Å². The first-order valence-corrected chi connectivity index (χ1v) is 17.7. The second-order valence-corrected chi connectivity index (χ2v) is 10.8. The molecule has 0 unspecified atom stereocenters. The lowest BCUT2D eigenvalue weighted by Crippen LogP contribution is -2.15. The highest BCUT2D eigenvalue weighted by atomic mass is 16.6. The number of carbonyl (C=O) groups is 3. The minimum atomic E-state index is -0.864. The molecule has 14 heteroatoms. The number of hydrogen-bond acceptors (Lipinski definition) is 13. The molecule has 0 rings (SSSR count). The standard InChI is InChI=1S/C34H64O14/c1-2-3-4-5-6-7-8-12-33(37)47-30-28-45-26-24-43-22-20-41-18-16-39-14-15-40-17-19-42-21-23-44-25-27-46-29-31-48-34(38)13-10-9-11-32(35)36/h2-31H2,1H3,(H,35,36). The van der Waals surface area contributed by atoms with Gasteiger partial charge in [-0.05, 0) is 19.3 Å². The zero-order valence-electron chi connectivity index (χ0n) is 29.5. The summed E-state index contributed by atoms with van der Waals surface area (Å²) in [6.45, 7) is 9.64. The minimum absolute atomic E-state index is 0.0589. The number of unbranched alkanes of at least 4 members (excludes halogenated alkanes) is 7. The van der Waals surface area contributed by atoms with Crippen molar-refractivity contribution in [3.8, 4) is 0 Å². The third-order valence-electron chi connectivity index (χ3n) is 6.59. The first kappa shape index (κ1) is 46.1. The van der Waals surface area contributed by atoms with E-state index in [0.717, 1.165) is 12.8 Å². The lowest BCUT2D eigenvalue weighted by atomic mass is 10.1. The van der Waals surface area contributed by atoms with Crippen LogP contribution in [-0.2, 0) is 61.8 Å². The Morgan fingerprint density at radius 2 is 0.604 bits per heavy atom. The molecule has 48 heavy (non-hydrogen) atoms. The fraction of sp³-hybridized carbons (Fsp3) is 0.912. The highest BCUT2D eigenvalue weighted by molar-refractivity contribution is 5.70. The van der Waals surface area contributed by atoms with Crippen LogP contribution in [0.5, 0.6) is 0 Å². The van der Waals surface area contributed by atoms with Crippen LogP contribution in [0, 0.1) is 0 Å². The molecule has 0 aliphatic carbocycles. The third kappa shape index (κ3) is 40.3. The van der Waals surface area contributed by atoms with E-state index in [0.29, 0.717) is 118 Å². The predicted molar refractivity (Wildman–Crippen MR) is 177 cm³/mol. The van der Waals surface area contributed by atoms with Crippen molar-refractivity contribution in [1.29, 1.82) is 0 Å². The van der Waals surface area contributed by atoms with E-state index in [1.165, 1.54) is 32.1 Å². The molecule has 284 valence electrons. The van der Waals surface area contributed by atoms with Gasteiger partial charge in [0, 0.05) is 19.3 Å². The van der Waals surface area contributed by atoms with Crippen molar-refractivity contribution in [3.05, 3.63) is 0 Å². The van der Waals surface area contributed by atoms with Crippen LogP contribution < -0.4 is 0 Å². The van der Waals surface area contributed by atoms with Gasteiger partial charge in [-0.2, -0.15) is 0 Å². The van der Waals surface area contributed by atoms with Gasteiger partial charge in [0.15, 0.2) is 0 Å². The van der Waals surface area contributed by atoms with E-state index in [4.69, 9.17) is 52.5 Å². The Morgan fingerprint density at radius 1 is 0.354 bits per heavy atom. The Hall–Kier alpha value is -1.91. The molecule has 0 aromatic rings. The van der Waals surface area contributed by atoms with Gasteiger partial charge in [-0.3, -0.25) is 14.4 Å². The number of esters is 2. The monoisotopic (exact) mass is 696 g/mol. The molecule has 0 aliphatic heterocycles. The molecule has 0 atom stereocenters. The van der Waals surface area contributed by atoms with Crippen LogP contribution in [0.2, 0.25) is 0 Å². The molecule has 0 radical (unpaired) electrons. The number of carboxylic acids is 1. The number of hydrogen-bond donors (Lipinski definition) is 1. The summed E-state index contributed by atoms with van der Waals surface area (Å²) >= 11 is 0. The second-order valence-electron chi connectivity index (χ2n) is 10.8. The summed E-state index contributed by atoms with van der Waals surface area (Å²) in [5.74, 6) is -1.36. The molecule has 0 saturated heterocycles. The largest absolute Gasteiger partial charge is 0.481 e. The van der Waals surface area contributed by atoms with Crippen molar-refractivity contribution < 1.29 is 66.9 Å². The molecule has 0 aliphatic rings. The zero-order chi connectivity index (χ0) is 35.0. The smallest absolute Gasteiger partial charge is 0.305 e. The summed E-state index contributed by atoms with van der Waals surface area (Å²) in [6, 6.07) is 0. The molecule has 0 aromatic carbocycles. The van der Waals surface area contributed by atoms with Crippen molar-refractivity contribution in [3.63, 3.8) is 0 Å². The van der Waals surface area contributed by atoms with Crippen LogP contribution in [0.3, 0.4) is 0 Å². The van der Waals surface area contributed by atoms with E-state index < -0.39 is 5.97 Å². The number of aliphatic carboxylic acids is 1. The molecule has 0 fully saturated rings. The molecule has 0 saturated carbocycles. The zero-order valence-corrected chi connectivity index (χ0v) is 29.5. The molecule has 1 N–H and O–H groups in total. The van der Waals surface area contributed by atoms with Gasteiger partial charge in [-0.25, -0.2) is 0 Å². The molecule has 0 aromatic heterocycles. The Labute approximate surface area is 287 Å². The maximum Gasteiger partial charge on any atom is 0.305 e. The first-order chi connectivity index (χ1) is 23.6. The van der Waals surface area contributed by atoms with Gasteiger partial charge < -0.3 is 52.5 Å². The molecule has 0 spiro atoms. The van der Waals surface area contributed by atoms with Crippen LogP contribution in [0.4, 0.5) is 0 Å². The van der Waals surface area contributed by atoms with E-state index >= 15 is 0 Å². The Bertz CT molecular complexity index is 709. The van der Waals surface area contributed by atoms with Gasteiger partial charge in [-0.1, -0.05) is 45.4 Å². The van der Waals surface area contributed by atoms with Gasteiger partial charge in [0.25, 0.3) is 0 Å². The Balaban J connectivity index is 3.15. The molecular weight excluding hydrogens is 632 g/mol. The summed E-state index contributed by atoms with van der Waals surface area (Å²) in [5, 5.41) is 8.55. The van der Waals surface area contributed by atoms with Gasteiger partial charge in [-0.15, -0.1) is 0 Å². The van der Waals surface area contributed by atoms with Gasteiger partial charge >= 0.3 is 17.9 Å². The average molecular weight is 697 g/mol. The molecular formula is C34H64O14. The maximum absolute atomic E-state index is 11.7. The van der Waals surface area contributed by atoms with Crippen LogP contribution in [-0.4, -0.2) is 142 Å². The van der Waals surface area contributed by atoms with E-state index in [9.17, 15) is 14.4 Å². The minimum Gasteiger partial charge on any atom is -0.481 e. The first-order valence-electron chi connectivity index (χ1n) is 17.7. The number of carboxylic acid groups (broad SMARTS) is 1. The van der Waals surface area contributed by atoms with Crippen LogP contribution in [0.15, 0.2) is 0 Å². The Morgan fingerprint density at radius 3 is 0.917 bits per heavy atom. The summed E-state index contributed by atoms with van der Waals surface area (Å²) < 4.78 is 53.6. The number of rotatable bonds is 40. The third-order valence-corrected chi connectivity index (χ3v) is 6.59. The topological polar surface area (TPSA) is 164 Å². The average Bonchev–Trinajstić information content (AvgIpc) is 3.07. The fourth-order valence-corrected chi connectivity index (χ4v) is 3.99. The lowest BCUT2D eigenvalue weighted by Gasteiger charge is -2.09. The van der Waals surface area contributed by atoms with Crippen molar-refractivity contribution in [2.45, 2.75) is 84.0 Å². The highest BCUT2D eigenvalue weighted by Gasteiger charge is 2.05. The van der Waals surface area contributed by atoms with E-state index in [-0.39, 0.29) is 44.6 Å². The molecule has 0 heterocycles. The fourth-order valence-electron chi connectivity index (χ4n) is 3.99. The van der Waals surface area contributed by atoms with Gasteiger partial charge in [0.1, 0.15) is 13.2 Å². The van der Waals surface area contributed by atoms with Crippen LogP contribution >= 0.6 is 0 Å². The quantitative estimate of drug-likeness (QED) is 0.0722. The predicted octanol–water partition coefficient (Wildman–Crippen LogP) is 3.99. The van der Waals surface area contributed by atoms with Gasteiger partial charge in [0.05, 0.1) is 106 Å². The number of carbonyl (C=O) groups excluding carboxylic acids is 2. The van der Waals surface area contributed by atoms with Gasteiger partial charge in [0.2, 0.25) is 0 Å². The van der Waals surface area contributed by atoms with E-state index in [1.807, 2.05) is 0 Å². The Kier molecular flexibility index (Phi) is 38.0. The summed E-state index contributed by atoms with van der Waals surface area (Å²) in [4.78, 5) is 33.6. The lowest BCUT2D eigenvalue weighted by molar-refractivity contribution is -0.146. The van der Waals surface area contributed by atoms with Crippen LogP contribution in [0.25, 0.3) is 0 Å². The van der Waals surface area contributed by atoms with Crippen molar-refractivity contribution in [2.75, 3.05) is 119 Å². The molecule has 14 nitrogen and oxygen atoms in total. The van der Waals surface area contributed by atoms with Crippen molar-refractivity contribution in [1.82, 2.24) is 0 Å². The summed E-state index contributed by atoms with van der Waals surface area (Å²) in [5.41, 5.74) is 0. The van der Waals surface area contributed by atoms with Crippen molar-refractivity contribution >= 4 is 17.9 Å². The molecule has 0 bridgehead atoms. The maximum atomic E-state index is 11.7. The second kappa shape index (κ2) is 39.5. The summed E-state index contributed by atoms with van der Waals surface area (Å²) in [7, 11) is 0. The normalized spacial score (nSPS) is 11.2. The summed E-state index contributed by atoms with van der Waals surface area (Å²) in [6.07, 6.45) is 9.97. The number of ether oxygens (including phenoxy) is 10. The molecule has 0 amide bonds. The van der Waals surface area contributed by atoms with E-state index in [1.54, 1.807) is 0 Å². The SMILES string of the molecule is CCCCCCCCCC(=O)OCCOCCOCCOCCOCCOCCOCCOCCOCCOC(=O)CCCCC(=O)O. The highest BCUT2D eigenvalue weighted by Crippen LogP contribution is 2.08. The van der Waals surface area contributed by atoms with E-state index in [2.05, 4.69) is 6.92 Å².